The number of hydrogen-bond donors (Lipinski definition) is 3. The van der Waals surface area contributed by atoms with Gasteiger partial charge in [-0.2, -0.15) is 0 Å². The largest absolute Gasteiger partial charge is 0.478 e. The van der Waals surface area contributed by atoms with Crippen molar-refractivity contribution in [1.29, 1.82) is 0 Å². The second-order valence-corrected chi connectivity index (χ2v) is 5.15. The van der Waals surface area contributed by atoms with E-state index >= 15 is 0 Å². The molecule has 5 nitrogen and oxygen atoms in total. The van der Waals surface area contributed by atoms with Crippen LogP contribution in [0.3, 0.4) is 0 Å². The number of carbonyl (C=O) groups is 2. The van der Waals surface area contributed by atoms with Crippen LogP contribution in [0, 0.1) is 11.6 Å². The zero-order chi connectivity index (χ0) is 15.5. The fraction of sp³-hybridized carbons (Fsp3) is 0.385. The standard InChI is InChI=1S/C13H16F2N2O3/c1-13(2,16)4-3-11(18)17-10-5-7(12(19)20)8(14)6-9(10)15/h5-6H,3-4,16H2,1-2H3,(H,17,18)(H,19,20). The van der Waals surface area contributed by atoms with Crippen LogP contribution >= 0.6 is 0 Å². The Bertz CT molecular complexity index is 539. The molecular formula is C13H16F2N2O3. The summed E-state index contributed by atoms with van der Waals surface area (Å²) in [5, 5.41) is 10.9. The number of nitrogens with two attached hydrogens (primary N) is 1. The number of benzene rings is 1. The monoisotopic (exact) mass is 286 g/mol. The van der Waals surface area contributed by atoms with Crippen LogP contribution in [0.15, 0.2) is 12.1 Å². The molecule has 0 fully saturated rings. The molecule has 7 heteroatoms. The summed E-state index contributed by atoms with van der Waals surface area (Å²) in [4.78, 5) is 22.3. The maximum Gasteiger partial charge on any atom is 0.338 e. The van der Waals surface area contributed by atoms with Gasteiger partial charge in [-0.15, -0.1) is 0 Å². The van der Waals surface area contributed by atoms with Crippen molar-refractivity contribution in [3.8, 4) is 0 Å². The zero-order valence-corrected chi connectivity index (χ0v) is 11.2. The minimum absolute atomic E-state index is 0.0444. The number of nitrogens with one attached hydrogen (secondary N) is 1. The molecule has 20 heavy (non-hydrogen) atoms. The van der Waals surface area contributed by atoms with Gasteiger partial charge < -0.3 is 16.2 Å². The van der Waals surface area contributed by atoms with Gasteiger partial charge in [-0.05, 0) is 26.3 Å². The maximum atomic E-state index is 13.5. The average Bonchev–Trinajstić information content (AvgIpc) is 2.28. The fourth-order valence-corrected chi connectivity index (χ4v) is 1.46. The Balaban J connectivity index is 2.85. The molecule has 0 bridgehead atoms. The normalized spacial score (nSPS) is 11.2. The lowest BCUT2D eigenvalue weighted by molar-refractivity contribution is -0.116. The molecule has 1 aromatic carbocycles. The van der Waals surface area contributed by atoms with Gasteiger partial charge in [0.25, 0.3) is 0 Å². The Kier molecular flexibility index (Phi) is 4.78. The first-order valence-electron chi connectivity index (χ1n) is 5.91. The lowest BCUT2D eigenvalue weighted by Gasteiger charge is -2.17. The van der Waals surface area contributed by atoms with Crippen LogP contribution in [0.5, 0.6) is 0 Å². The van der Waals surface area contributed by atoms with Gasteiger partial charge in [0.05, 0.1) is 11.3 Å². The number of carbonyl (C=O) groups excluding carboxylic acids is 1. The summed E-state index contributed by atoms with van der Waals surface area (Å²) in [7, 11) is 0. The topological polar surface area (TPSA) is 92.4 Å². The summed E-state index contributed by atoms with van der Waals surface area (Å²) >= 11 is 0. The van der Waals surface area contributed by atoms with Gasteiger partial charge in [0.15, 0.2) is 0 Å². The van der Waals surface area contributed by atoms with Gasteiger partial charge >= 0.3 is 5.97 Å². The van der Waals surface area contributed by atoms with Crippen molar-refractivity contribution in [2.75, 3.05) is 5.32 Å². The maximum absolute atomic E-state index is 13.5. The van der Waals surface area contributed by atoms with Crippen molar-refractivity contribution >= 4 is 17.6 Å². The molecule has 4 N–H and O–H groups in total. The van der Waals surface area contributed by atoms with Crippen molar-refractivity contribution in [2.45, 2.75) is 32.2 Å². The highest BCUT2D eigenvalue weighted by Crippen LogP contribution is 2.20. The molecule has 110 valence electrons. The van der Waals surface area contributed by atoms with E-state index in [4.69, 9.17) is 10.8 Å². The quantitative estimate of drug-likeness (QED) is 0.773. The van der Waals surface area contributed by atoms with Gasteiger partial charge in [-0.25, -0.2) is 13.6 Å². The van der Waals surface area contributed by atoms with Crippen molar-refractivity contribution in [2.24, 2.45) is 5.73 Å². The van der Waals surface area contributed by atoms with E-state index in [0.717, 1.165) is 6.07 Å². The van der Waals surface area contributed by atoms with Crippen LogP contribution in [0.2, 0.25) is 0 Å². The van der Waals surface area contributed by atoms with Crippen LogP contribution in [-0.4, -0.2) is 22.5 Å². The van der Waals surface area contributed by atoms with E-state index in [1.54, 1.807) is 13.8 Å². The Labute approximate surface area is 114 Å². The first-order chi connectivity index (χ1) is 9.10. The van der Waals surface area contributed by atoms with Gasteiger partial charge in [0.1, 0.15) is 11.6 Å². The molecule has 0 radical (unpaired) electrons. The van der Waals surface area contributed by atoms with Crippen LogP contribution in [0.4, 0.5) is 14.5 Å². The molecule has 0 spiro atoms. The summed E-state index contributed by atoms with van der Waals surface area (Å²) < 4.78 is 26.6. The number of hydrogen-bond acceptors (Lipinski definition) is 3. The van der Waals surface area contributed by atoms with Crippen molar-refractivity contribution in [3.05, 3.63) is 29.3 Å². The Hall–Kier alpha value is -2.02. The molecule has 1 aromatic rings. The minimum Gasteiger partial charge on any atom is -0.478 e. The molecule has 1 amide bonds. The molecule has 0 aliphatic heterocycles. The summed E-state index contributed by atoms with van der Waals surface area (Å²) in [6, 6.07) is 1.17. The Morgan fingerprint density at radius 3 is 2.40 bits per heavy atom. The highest BCUT2D eigenvalue weighted by molar-refractivity contribution is 5.94. The second-order valence-electron chi connectivity index (χ2n) is 5.15. The van der Waals surface area contributed by atoms with Crippen molar-refractivity contribution in [3.63, 3.8) is 0 Å². The SMILES string of the molecule is CC(C)(N)CCC(=O)Nc1cc(C(=O)O)c(F)cc1F. The van der Waals surface area contributed by atoms with Gasteiger partial charge in [0.2, 0.25) is 5.91 Å². The zero-order valence-electron chi connectivity index (χ0n) is 11.2. The van der Waals surface area contributed by atoms with Gasteiger partial charge in [0, 0.05) is 18.0 Å². The number of rotatable bonds is 5. The van der Waals surface area contributed by atoms with Crippen LogP contribution in [-0.2, 0) is 4.79 Å². The van der Waals surface area contributed by atoms with Crippen LogP contribution in [0.1, 0.15) is 37.0 Å². The molecule has 0 atom stereocenters. The predicted octanol–water partition coefficient (Wildman–Crippen LogP) is 2.12. The minimum atomic E-state index is -1.54. The molecule has 1 rings (SSSR count). The average molecular weight is 286 g/mol. The lowest BCUT2D eigenvalue weighted by atomic mass is 10.00. The van der Waals surface area contributed by atoms with Gasteiger partial charge in [-0.3, -0.25) is 4.79 Å². The number of aromatic carboxylic acids is 1. The molecule has 0 aliphatic carbocycles. The molecule has 0 unspecified atom stereocenters. The molecule has 0 aromatic heterocycles. The molecule has 0 saturated carbocycles. The summed E-state index contributed by atoms with van der Waals surface area (Å²) in [6.07, 6.45) is 0.413. The third kappa shape index (κ3) is 4.58. The van der Waals surface area contributed by atoms with E-state index in [2.05, 4.69) is 5.32 Å². The highest BCUT2D eigenvalue weighted by Gasteiger charge is 2.18. The number of carboxylic acid groups (broad SMARTS) is 1. The van der Waals surface area contributed by atoms with E-state index in [0.29, 0.717) is 12.5 Å². The summed E-state index contributed by atoms with van der Waals surface area (Å²) in [5.74, 6) is -4.30. The van der Waals surface area contributed by atoms with E-state index < -0.39 is 34.6 Å². The molecule has 0 aliphatic rings. The number of amides is 1. The summed E-state index contributed by atoms with van der Waals surface area (Å²) in [6.45, 7) is 3.47. The van der Waals surface area contributed by atoms with E-state index in [9.17, 15) is 18.4 Å². The van der Waals surface area contributed by atoms with Crippen LogP contribution in [0.25, 0.3) is 0 Å². The Morgan fingerprint density at radius 2 is 1.90 bits per heavy atom. The Morgan fingerprint density at radius 1 is 1.30 bits per heavy atom. The van der Waals surface area contributed by atoms with Crippen molar-refractivity contribution in [1.82, 2.24) is 0 Å². The lowest BCUT2D eigenvalue weighted by Crippen LogP contribution is -2.33. The molecule has 0 saturated heterocycles. The number of anilines is 1. The van der Waals surface area contributed by atoms with Crippen molar-refractivity contribution < 1.29 is 23.5 Å². The third-order valence-electron chi connectivity index (χ3n) is 2.56. The van der Waals surface area contributed by atoms with E-state index in [1.165, 1.54) is 0 Å². The van der Waals surface area contributed by atoms with Crippen LogP contribution < -0.4 is 11.1 Å². The molecule has 0 heterocycles. The summed E-state index contributed by atoms with van der Waals surface area (Å²) in [5.41, 5.74) is 4.08. The number of halogens is 2. The first-order valence-corrected chi connectivity index (χ1v) is 5.91. The first kappa shape index (κ1) is 16.0. The second kappa shape index (κ2) is 5.96. The van der Waals surface area contributed by atoms with E-state index in [1.807, 2.05) is 0 Å². The number of carboxylic acids is 1. The van der Waals surface area contributed by atoms with Gasteiger partial charge in [-0.1, -0.05) is 0 Å². The van der Waals surface area contributed by atoms with E-state index in [-0.39, 0.29) is 12.1 Å². The third-order valence-corrected chi connectivity index (χ3v) is 2.56. The highest BCUT2D eigenvalue weighted by atomic mass is 19.1. The smallest absolute Gasteiger partial charge is 0.338 e. The predicted molar refractivity (Wildman–Crippen MR) is 69.4 cm³/mol. The fourth-order valence-electron chi connectivity index (χ4n) is 1.46. The molecular weight excluding hydrogens is 270 g/mol.